The van der Waals surface area contributed by atoms with Crippen molar-refractivity contribution < 1.29 is 20.4 Å². The highest BCUT2D eigenvalue weighted by atomic mass is 16.4. The summed E-state index contributed by atoms with van der Waals surface area (Å²) in [6.45, 7) is 17.9. The summed E-state index contributed by atoms with van der Waals surface area (Å²) in [5, 5.41) is 39.5. The first kappa shape index (κ1) is 30.3. The Hall–Kier alpha value is -0.160. The fraction of sp³-hybridized carbons (Fsp3) is 1.00. The summed E-state index contributed by atoms with van der Waals surface area (Å²) in [6, 6.07) is 0. The highest BCUT2D eigenvalue weighted by molar-refractivity contribution is 5.19. The van der Waals surface area contributed by atoms with Crippen LogP contribution in [-0.4, -0.2) is 45.3 Å². The van der Waals surface area contributed by atoms with E-state index in [0.29, 0.717) is 45.3 Å². The van der Waals surface area contributed by atoms with E-state index >= 15 is 0 Å². The van der Waals surface area contributed by atoms with Crippen molar-refractivity contribution in [3.8, 4) is 0 Å². The van der Waals surface area contributed by atoms with Crippen LogP contribution in [0.4, 0.5) is 0 Å². The summed E-state index contributed by atoms with van der Waals surface area (Å²) in [5.74, 6) is 4.50. The summed E-state index contributed by atoms with van der Waals surface area (Å²) in [5.41, 5.74) is 2.27. The number of hydrogen-bond donors (Lipinski definition) is 4. The molecule has 0 amide bonds. The van der Waals surface area contributed by atoms with E-state index in [1.807, 2.05) is 0 Å². The van der Waals surface area contributed by atoms with Gasteiger partial charge in [0.05, 0.1) is 12.7 Å². The van der Waals surface area contributed by atoms with Crippen LogP contribution in [0.3, 0.4) is 0 Å². The van der Waals surface area contributed by atoms with Crippen molar-refractivity contribution >= 4 is 0 Å². The van der Waals surface area contributed by atoms with Gasteiger partial charge in [-0.1, -0.05) is 54.9 Å². The van der Waals surface area contributed by atoms with E-state index in [0.717, 1.165) is 30.1 Å². The molecule has 0 heterocycles. The van der Waals surface area contributed by atoms with Gasteiger partial charge in [0.2, 0.25) is 0 Å². The lowest BCUT2D eigenvalue weighted by Crippen LogP contribution is -2.65. The van der Waals surface area contributed by atoms with Crippen LogP contribution in [-0.2, 0) is 0 Å². The molecule has 0 radical (unpaired) electrons. The Labute approximate surface area is 239 Å². The van der Waals surface area contributed by atoms with Gasteiger partial charge in [0.25, 0.3) is 0 Å². The number of aliphatic hydroxyl groups is 4. The van der Waals surface area contributed by atoms with Gasteiger partial charge in [0, 0.05) is 0 Å². The monoisotopic (exact) mass is 546 g/mol. The van der Waals surface area contributed by atoms with Gasteiger partial charge < -0.3 is 20.4 Å². The van der Waals surface area contributed by atoms with Crippen LogP contribution >= 0.6 is 0 Å². The number of fused-ring (bicyclic) bond motifs is 7. The molecule has 4 N–H and O–H groups in total. The molecule has 0 bridgehead atoms. The third-order valence-corrected chi connectivity index (χ3v) is 15.4. The average molecular weight is 547 g/mol. The van der Waals surface area contributed by atoms with Crippen molar-refractivity contribution in [2.45, 2.75) is 150 Å². The zero-order valence-electron chi connectivity index (χ0n) is 26.4. The Balaban J connectivity index is 1.33. The fourth-order valence-corrected chi connectivity index (χ4v) is 13.2. The Kier molecular flexibility index (Phi) is 7.95. The molecule has 4 heteroatoms. The van der Waals surface area contributed by atoms with Gasteiger partial charge in [0.15, 0.2) is 0 Å². The largest absolute Gasteiger partial charge is 0.394 e. The Morgan fingerprint density at radius 1 is 0.641 bits per heavy atom. The summed E-state index contributed by atoms with van der Waals surface area (Å²) < 4.78 is 0. The summed E-state index contributed by atoms with van der Waals surface area (Å²) >= 11 is 0. The summed E-state index contributed by atoms with van der Waals surface area (Å²) in [6.07, 6.45) is 13.2. The van der Waals surface area contributed by atoms with Gasteiger partial charge in [-0.2, -0.15) is 0 Å². The lowest BCUT2D eigenvalue weighted by molar-refractivity contribution is -0.241. The predicted octanol–water partition coefficient (Wildman–Crippen LogP) is 6.97. The fourth-order valence-electron chi connectivity index (χ4n) is 13.2. The second-order valence-corrected chi connectivity index (χ2v) is 17.2. The van der Waals surface area contributed by atoms with Crippen LogP contribution in [0.2, 0.25) is 0 Å². The molecular weight excluding hydrogens is 484 g/mol. The first-order valence-corrected chi connectivity index (χ1v) is 16.8. The number of hydrogen-bond acceptors (Lipinski definition) is 4. The zero-order valence-corrected chi connectivity index (χ0v) is 26.4. The molecule has 5 aliphatic rings. The molecule has 4 nitrogen and oxygen atoms in total. The van der Waals surface area contributed by atoms with E-state index in [1.165, 1.54) is 70.6 Å². The van der Waals surface area contributed by atoms with E-state index in [9.17, 15) is 15.3 Å². The first-order valence-electron chi connectivity index (χ1n) is 16.8. The maximum absolute atomic E-state index is 10.4. The second kappa shape index (κ2) is 10.2. The lowest BCUT2D eigenvalue weighted by Gasteiger charge is -2.73. The molecular formula is C35H62O4. The predicted molar refractivity (Wildman–Crippen MR) is 158 cm³/mol. The molecule has 5 rings (SSSR count). The third-order valence-electron chi connectivity index (χ3n) is 15.4. The highest BCUT2D eigenvalue weighted by Gasteiger charge is 2.70. The van der Waals surface area contributed by atoms with E-state index in [4.69, 9.17) is 5.11 Å². The minimum Gasteiger partial charge on any atom is -0.394 e. The minimum atomic E-state index is -1.27. The molecule has 5 fully saturated rings. The van der Waals surface area contributed by atoms with Crippen molar-refractivity contribution in [3.05, 3.63) is 0 Å². The topological polar surface area (TPSA) is 80.9 Å². The van der Waals surface area contributed by atoms with Gasteiger partial charge in [-0.05, 0) is 140 Å². The molecule has 5 saturated carbocycles. The molecule has 0 aromatic carbocycles. The van der Waals surface area contributed by atoms with Crippen LogP contribution in [0.1, 0.15) is 132 Å². The van der Waals surface area contributed by atoms with E-state index in [-0.39, 0.29) is 0 Å². The van der Waals surface area contributed by atoms with Crippen LogP contribution in [0.5, 0.6) is 0 Å². The third kappa shape index (κ3) is 4.42. The molecule has 1 unspecified atom stereocenters. The standard InChI is InChI=1S/C35H62O4/c1-22(9-10-25(37)30(39)26(38)21-36)23-13-18-32(4)24(23)14-19-34(6)28(32)11-12-29-33(5)17-8-16-31(2,3)27(33)15-20-35(29,34)7/h22-30,36-39H,8-21H2,1-7H3/t22?,23-,24+,25-,26+,27+,28-,29-,30-,32+,33+,34-,35-/m1/s1. The van der Waals surface area contributed by atoms with Crippen LogP contribution < -0.4 is 0 Å². The van der Waals surface area contributed by atoms with E-state index in [1.54, 1.807) is 0 Å². The molecule has 226 valence electrons. The molecule has 39 heavy (non-hydrogen) atoms. The molecule has 0 aromatic heterocycles. The lowest BCUT2D eigenvalue weighted by atomic mass is 9.32. The number of rotatable bonds is 7. The van der Waals surface area contributed by atoms with Gasteiger partial charge in [-0.3, -0.25) is 0 Å². The molecule has 0 spiro atoms. The molecule has 0 saturated heterocycles. The van der Waals surface area contributed by atoms with Gasteiger partial charge in [-0.25, -0.2) is 0 Å². The number of aliphatic hydroxyl groups excluding tert-OH is 4. The highest BCUT2D eigenvalue weighted by Crippen LogP contribution is 2.78. The van der Waals surface area contributed by atoms with Crippen LogP contribution in [0, 0.1) is 62.6 Å². The van der Waals surface area contributed by atoms with Gasteiger partial charge >= 0.3 is 0 Å². The van der Waals surface area contributed by atoms with E-state index in [2.05, 4.69) is 48.5 Å². The van der Waals surface area contributed by atoms with Crippen LogP contribution in [0.25, 0.3) is 0 Å². The molecule has 0 aliphatic heterocycles. The zero-order chi connectivity index (χ0) is 28.6. The Morgan fingerprint density at radius 3 is 1.90 bits per heavy atom. The van der Waals surface area contributed by atoms with Gasteiger partial charge in [-0.15, -0.1) is 0 Å². The normalized spacial score (nSPS) is 50.1. The average Bonchev–Trinajstić information content (AvgIpc) is 3.23. The van der Waals surface area contributed by atoms with Crippen molar-refractivity contribution in [2.24, 2.45) is 62.6 Å². The van der Waals surface area contributed by atoms with Crippen molar-refractivity contribution in [1.29, 1.82) is 0 Å². The quantitative estimate of drug-likeness (QED) is 0.278. The Bertz CT molecular complexity index is 888. The molecule has 0 aromatic rings. The smallest absolute Gasteiger partial charge is 0.108 e. The maximum Gasteiger partial charge on any atom is 0.108 e. The summed E-state index contributed by atoms with van der Waals surface area (Å²) in [7, 11) is 0. The van der Waals surface area contributed by atoms with Crippen molar-refractivity contribution in [3.63, 3.8) is 0 Å². The summed E-state index contributed by atoms with van der Waals surface area (Å²) in [4.78, 5) is 0. The van der Waals surface area contributed by atoms with Crippen LogP contribution in [0.15, 0.2) is 0 Å². The van der Waals surface area contributed by atoms with Crippen molar-refractivity contribution in [1.82, 2.24) is 0 Å². The van der Waals surface area contributed by atoms with Gasteiger partial charge in [0.1, 0.15) is 12.2 Å². The molecule has 5 aliphatic carbocycles. The maximum atomic E-state index is 10.4. The molecule has 13 atom stereocenters. The second-order valence-electron chi connectivity index (χ2n) is 17.2. The minimum absolute atomic E-state index is 0.411. The van der Waals surface area contributed by atoms with E-state index < -0.39 is 24.9 Å². The first-order chi connectivity index (χ1) is 18.2. The SMILES string of the molecule is CC(CC[C@@H](O)[C@@H](O)[C@@H](O)CO)[C@H]1CC[C@]2(C)[C@H]3CC[C@@H]4[C@@]5(C)CCCC(C)(C)[C@@H]5CC[C@@]4(C)[C@]3(C)CC[C@@H]12. The van der Waals surface area contributed by atoms with Crippen molar-refractivity contribution in [2.75, 3.05) is 6.61 Å². The Morgan fingerprint density at radius 2 is 1.26 bits per heavy atom.